The number of fused-ring (bicyclic) bond motifs is 20. The molecule has 0 N–H and O–H groups in total. The summed E-state index contributed by atoms with van der Waals surface area (Å²) in [7, 11) is 0. The molecule has 129 heavy (non-hydrogen) atoms. The van der Waals surface area contributed by atoms with Crippen molar-refractivity contribution in [3.05, 3.63) is 384 Å². The number of nitrogens with zero attached hydrogens (tertiary/aromatic N) is 8. The van der Waals surface area contributed by atoms with Crippen LogP contribution in [0, 0.1) is 0 Å². The quantitative estimate of drug-likeness (QED) is 0.0549. The minimum absolute atomic E-state index is 0. The minimum Gasteiger partial charge on any atom is -0.453 e. The van der Waals surface area contributed by atoms with Gasteiger partial charge in [-0.15, -0.1) is 0 Å². The fourth-order valence-corrected chi connectivity index (χ4v) is 15.8. The van der Waals surface area contributed by atoms with Crippen LogP contribution in [0.4, 0.5) is 0 Å². The first kappa shape index (κ1) is 81.5. The molecule has 0 fully saturated rings. The molecule has 16 aromatic carbocycles. The Bertz CT molecular complexity index is 7130. The molecule has 2 aliphatic rings. The number of rotatable bonds is 24. The summed E-state index contributed by atoms with van der Waals surface area (Å²) in [4.78, 5) is 45.0. The third-order valence-corrected chi connectivity index (χ3v) is 21.7. The molecule has 1 radical (unpaired) electrons. The van der Waals surface area contributed by atoms with E-state index in [2.05, 4.69) is 0 Å². The van der Waals surface area contributed by atoms with E-state index in [1.54, 1.807) is 146 Å². The number of para-hydroxylation sites is 12. The zero-order chi connectivity index (χ0) is 86.0. The molecule has 0 atom stereocenters. The van der Waals surface area contributed by atoms with Crippen LogP contribution in [-0.2, 0) is 16.8 Å². The van der Waals surface area contributed by atoms with Crippen LogP contribution in [0.3, 0.4) is 0 Å². The smallest absolute Gasteiger partial charge is 0.453 e. The van der Waals surface area contributed by atoms with Gasteiger partial charge in [0.2, 0.25) is 23.0 Å². The Morgan fingerprint density at radius 3 is 0.519 bits per heavy atom. The molecule has 2 aliphatic heterocycles. The normalized spacial score (nSPS) is 11.2. The molecule has 0 aliphatic carbocycles. The molecule has 8 bridgehead atoms. The van der Waals surface area contributed by atoms with E-state index in [0.717, 1.165) is 0 Å². The van der Waals surface area contributed by atoms with Crippen molar-refractivity contribution >= 4 is 90.5 Å². The van der Waals surface area contributed by atoms with Crippen LogP contribution in [0.15, 0.2) is 364 Å². The maximum Gasteiger partial charge on any atom is 2.00 e. The largest absolute Gasteiger partial charge is 2.00 e. The van der Waals surface area contributed by atoms with Gasteiger partial charge in [-0.1, -0.05) is 265 Å². The van der Waals surface area contributed by atoms with Crippen LogP contribution >= 0.6 is 46.4 Å². The summed E-state index contributed by atoms with van der Waals surface area (Å²) in [5, 5.41) is -0.111. The van der Waals surface area contributed by atoms with E-state index in [9.17, 15) is 0 Å². The Balaban J connectivity index is 0.0000104. The minimum atomic E-state index is -0.162. The number of hydrogen-bond acceptors (Lipinski definition) is 18. The second-order valence-electron chi connectivity index (χ2n) is 28.7. The van der Waals surface area contributed by atoms with E-state index < -0.39 is 0 Å². The van der Waals surface area contributed by atoms with Crippen molar-refractivity contribution in [2.75, 3.05) is 0 Å². The van der Waals surface area contributed by atoms with Gasteiger partial charge in [-0.25, -0.2) is 9.97 Å². The average molecular weight is 1810 g/mol. The molecule has 0 amide bonds. The fourth-order valence-electron chi connectivity index (χ4n) is 14.6. The van der Waals surface area contributed by atoms with Gasteiger partial charge in [-0.3, -0.25) is 0 Å². The van der Waals surface area contributed by atoms with Crippen molar-refractivity contribution in [3.63, 3.8) is 0 Å². The maximum atomic E-state index is 8.32. The van der Waals surface area contributed by atoms with Crippen LogP contribution in [0.2, 0.25) is 20.1 Å². The first-order chi connectivity index (χ1) is 63.1. The number of hydrogen-bond donors (Lipinski definition) is 0. The second kappa shape index (κ2) is 36.0. The number of ether oxygens (including phenoxy) is 12. The molecule has 20 nitrogen and oxygen atoms in total. The predicted octanol–water partition coefficient (Wildman–Crippen LogP) is 30.2. The van der Waals surface area contributed by atoms with E-state index in [1.807, 2.05) is 218 Å². The molecule has 25 heteroatoms. The van der Waals surface area contributed by atoms with Crippen LogP contribution in [-0.4, -0.2) is 29.9 Å². The van der Waals surface area contributed by atoms with Crippen molar-refractivity contribution in [1.29, 1.82) is 0 Å². The summed E-state index contributed by atoms with van der Waals surface area (Å²) in [6.45, 7) is 0. The fraction of sp³-hybridized carbons (Fsp3) is 0. The topological polar surface area (TPSA) is 216 Å². The summed E-state index contributed by atoms with van der Waals surface area (Å²) < 4.78 is 86.2. The molecule has 19 aromatic rings. The zero-order valence-corrected chi connectivity index (χ0v) is 71.0. The summed E-state index contributed by atoms with van der Waals surface area (Å²) >= 11 is 33.3. The maximum absolute atomic E-state index is 8.32. The third-order valence-electron chi connectivity index (χ3n) is 20.3. The number of halogens is 4. The van der Waals surface area contributed by atoms with E-state index in [4.69, 9.17) is 143 Å². The predicted molar refractivity (Wildman–Crippen MR) is 492 cm³/mol. The molecular formula is C104H60Cl4CoN8O12. The molecule has 625 valence electrons. The van der Waals surface area contributed by atoms with Gasteiger partial charge < -0.3 is 86.7 Å². The molecule has 21 rings (SSSR count). The van der Waals surface area contributed by atoms with E-state index in [-0.39, 0.29) is 196 Å². The van der Waals surface area contributed by atoms with Gasteiger partial charge in [-0.2, -0.15) is 0 Å². The van der Waals surface area contributed by atoms with E-state index >= 15 is 0 Å². The van der Waals surface area contributed by atoms with Crippen molar-refractivity contribution in [3.8, 4) is 184 Å². The monoisotopic (exact) mass is 1810 g/mol. The van der Waals surface area contributed by atoms with Crippen molar-refractivity contribution in [1.82, 2.24) is 39.9 Å². The Morgan fingerprint density at radius 1 is 0.155 bits per heavy atom. The molecule has 5 heterocycles. The summed E-state index contributed by atoms with van der Waals surface area (Å²) in [6, 6.07) is 109. The van der Waals surface area contributed by atoms with Crippen LogP contribution < -0.4 is 66.8 Å². The Labute approximate surface area is 766 Å². The van der Waals surface area contributed by atoms with Gasteiger partial charge in [-0.05, 0) is 146 Å². The van der Waals surface area contributed by atoms with E-state index in [0.29, 0.717) is 69.0 Å². The van der Waals surface area contributed by atoms with Gasteiger partial charge in [0.15, 0.2) is 46.0 Å². The molecule has 3 aromatic heterocycles. The standard InChI is InChI=1S/C104H60Cl4N8O12.Co/c105-81-73-77(85(117-61-37-13-1-14-38-61)93(125-69-53-29-9-30-54-69)89(81)121-65-45-21-5-22-46-65)101-109-97(73)114-102-79-75(83(107)91(123-67-49-25-7-26-50-67)95(127-71-57-33-11-34-58-71)87(79)119-63-41-17-3-18-42-63)99(111-102)116-104-80-76(84(108)92(124-68-51-27-8-28-52-68)96(128-72-59-35-12-36-60-72)88(80)120-64-43-19-4-20-44-64)100(112-104)115-103-78-74(98(110-103)113-101)82(106)90(122-66-47-23-6-24-48-66)94(126-70-55-31-10-32-56-70)86(78)118-62-39-15-2-16-40-62;/h1-60H;/q-2;+2. The molecular weight excluding hydrogens is 1750 g/mol. The number of aromatic nitrogens is 8. The van der Waals surface area contributed by atoms with Gasteiger partial charge >= 0.3 is 16.8 Å². The second-order valence-corrected chi connectivity index (χ2v) is 30.2. The van der Waals surface area contributed by atoms with Crippen molar-refractivity contribution in [2.45, 2.75) is 0 Å². The van der Waals surface area contributed by atoms with Gasteiger partial charge in [0, 0.05) is 55.3 Å². The molecule has 0 saturated carbocycles. The van der Waals surface area contributed by atoms with Gasteiger partial charge in [0.1, 0.15) is 69.0 Å². The first-order valence-corrected chi connectivity index (χ1v) is 41.7. The van der Waals surface area contributed by atoms with E-state index in [1.165, 1.54) is 0 Å². The van der Waals surface area contributed by atoms with Crippen molar-refractivity contribution in [2.24, 2.45) is 0 Å². The average Bonchev–Trinajstić information content (AvgIpc) is 1.57. The Kier molecular flexibility index (Phi) is 22.7. The number of benzene rings is 16. The SMILES string of the molecule is Clc1c(Oc2ccccc2)c(Oc2ccccc2)c(Oc2ccccc2)c2c1-c1nc-2nc2[n-]c(nc3nc(nc4[n-]c(n1)c1c(Oc5ccccc5)c(Oc5ccccc5)c(Oc5ccccc5)c(Cl)c41)-c1c(Oc4ccccc4)c(Oc4ccccc4)c(Oc4ccccc4)c(Cl)c1-3)c1c(Oc3ccccc3)c(Oc3ccccc3)c(Oc3ccccc3)c(Cl)c21.[Co+2]. The summed E-state index contributed by atoms with van der Waals surface area (Å²) in [6.07, 6.45) is 0. The first-order valence-electron chi connectivity index (χ1n) is 40.2. The molecule has 0 saturated heterocycles. The van der Waals surface area contributed by atoms with Crippen molar-refractivity contribution < 1.29 is 73.6 Å². The van der Waals surface area contributed by atoms with Gasteiger partial charge in [0.25, 0.3) is 0 Å². The Morgan fingerprint density at radius 2 is 0.310 bits per heavy atom. The molecule has 0 unspecified atom stereocenters. The third kappa shape index (κ3) is 16.4. The van der Waals surface area contributed by atoms with Crippen LogP contribution in [0.1, 0.15) is 0 Å². The zero-order valence-electron chi connectivity index (χ0n) is 67.0. The summed E-state index contributed by atoms with van der Waals surface area (Å²) in [5.74, 6) is 3.08. The van der Waals surface area contributed by atoms with Crippen LogP contribution in [0.5, 0.6) is 138 Å². The summed E-state index contributed by atoms with van der Waals surface area (Å²) in [5.41, 5.74) is -0.331. The van der Waals surface area contributed by atoms with Gasteiger partial charge in [0.05, 0.1) is 54.5 Å². The molecule has 0 spiro atoms. The Hall–Kier alpha value is -15.9. The van der Waals surface area contributed by atoms with Crippen LogP contribution in [0.25, 0.3) is 89.7 Å².